The maximum absolute atomic E-state index is 12.4. The molecule has 0 aliphatic heterocycles. The molecule has 0 saturated heterocycles. The molecule has 0 aliphatic rings. The lowest BCUT2D eigenvalue weighted by atomic mass is 9.92. The van der Waals surface area contributed by atoms with Crippen LogP contribution in [-0.4, -0.2) is 20.0 Å². The number of fused-ring (bicyclic) bond motifs is 1. The van der Waals surface area contributed by atoms with Gasteiger partial charge in [-0.2, -0.15) is 14.9 Å². The van der Waals surface area contributed by atoms with Crippen molar-refractivity contribution >= 4 is 10.8 Å². The molecule has 0 spiro atoms. The molecule has 5 nitrogen and oxygen atoms in total. The van der Waals surface area contributed by atoms with Crippen LogP contribution in [0, 0.1) is 0 Å². The summed E-state index contributed by atoms with van der Waals surface area (Å²) in [6, 6.07) is 11.0. The minimum atomic E-state index is -0.189. The summed E-state index contributed by atoms with van der Waals surface area (Å²) in [6.45, 7) is 6.20. The van der Waals surface area contributed by atoms with Crippen LogP contribution >= 0.6 is 0 Å². The van der Waals surface area contributed by atoms with Gasteiger partial charge in [-0.3, -0.25) is 4.79 Å². The van der Waals surface area contributed by atoms with Crippen LogP contribution in [0.2, 0.25) is 0 Å². The Balaban J connectivity index is 2.13. The van der Waals surface area contributed by atoms with Crippen LogP contribution in [0.5, 0.6) is 0 Å². The molecule has 5 heteroatoms. The molecule has 0 aliphatic carbocycles. The smallest absolute Gasteiger partial charge is 0.267 e. The molecule has 0 unspecified atom stereocenters. The number of aromatic nitrogens is 4. The van der Waals surface area contributed by atoms with Gasteiger partial charge in [0.05, 0.1) is 17.3 Å². The zero-order chi connectivity index (χ0) is 15.0. The highest BCUT2D eigenvalue weighted by atomic mass is 16.1. The van der Waals surface area contributed by atoms with E-state index in [0.717, 1.165) is 11.1 Å². The Bertz CT molecular complexity index is 845. The predicted octanol–water partition coefficient (Wildman–Crippen LogP) is 2.47. The third-order valence-corrected chi connectivity index (χ3v) is 3.33. The summed E-state index contributed by atoms with van der Waals surface area (Å²) in [5.41, 5.74) is 0.610. The van der Waals surface area contributed by atoms with Gasteiger partial charge in [0.1, 0.15) is 0 Å². The lowest BCUT2D eigenvalue weighted by Crippen LogP contribution is -2.23. The number of benzene rings is 1. The molecule has 0 atom stereocenters. The molecule has 0 radical (unpaired) electrons. The quantitative estimate of drug-likeness (QED) is 0.687. The van der Waals surface area contributed by atoms with Crippen LogP contribution in [0.3, 0.4) is 0 Å². The van der Waals surface area contributed by atoms with Gasteiger partial charge in [-0.15, -0.1) is 5.10 Å². The van der Waals surface area contributed by atoms with Crippen LogP contribution in [0.1, 0.15) is 26.5 Å². The second-order valence-corrected chi connectivity index (χ2v) is 5.98. The van der Waals surface area contributed by atoms with Gasteiger partial charge in [0, 0.05) is 10.8 Å². The highest BCUT2D eigenvalue weighted by Gasteiger charge is 2.16. The lowest BCUT2D eigenvalue weighted by molar-refractivity contribution is 0.556. The fourth-order valence-corrected chi connectivity index (χ4v) is 2.09. The normalized spacial score (nSPS) is 11.8. The van der Waals surface area contributed by atoms with E-state index in [0.29, 0.717) is 11.2 Å². The van der Waals surface area contributed by atoms with Crippen LogP contribution in [0.15, 0.2) is 47.4 Å². The van der Waals surface area contributed by atoms with Gasteiger partial charge >= 0.3 is 0 Å². The molecule has 1 aromatic carbocycles. The van der Waals surface area contributed by atoms with Gasteiger partial charge < -0.3 is 0 Å². The van der Waals surface area contributed by atoms with E-state index < -0.39 is 0 Å². The van der Waals surface area contributed by atoms with Crippen LogP contribution in [-0.2, 0) is 5.41 Å². The highest BCUT2D eigenvalue weighted by Crippen LogP contribution is 2.19. The Kier molecular flexibility index (Phi) is 3.05. The summed E-state index contributed by atoms with van der Waals surface area (Å²) in [4.78, 5) is 12.4. The lowest BCUT2D eigenvalue weighted by Gasteiger charge is -2.16. The van der Waals surface area contributed by atoms with E-state index in [4.69, 9.17) is 0 Å². The fourth-order valence-electron chi connectivity index (χ4n) is 2.09. The van der Waals surface area contributed by atoms with Crippen LogP contribution in [0.4, 0.5) is 0 Å². The minimum Gasteiger partial charge on any atom is -0.267 e. The standard InChI is InChI=1S/C16H16N4O/c1-16(2,3)13-8-9-14(19-18-13)20-15(21)12-7-5-4-6-11(12)10-17-20/h4-10H,1-3H3. The second-order valence-electron chi connectivity index (χ2n) is 5.98. The van der Waals surface area contributed by atoms with E-state index in [2.05, 4.69) is 36.1 Å². The predicted molar refractivity (Wildman–Crippen MR) is 81.6 cm³/mol. The molecule has 0 amide bonds. The molecule has 3 aromatic rings. The van der Waals surface area contributed by atoms with Gasteiger partial charge in [0.2, 0.25) is 0 Å². The molecular weight excluding hydrogens is 264 g/mol. The van der Waals surface area contributed by atoms with Crippen molar-refractivity contribution in [1.29, 1.82) is 0 Å². The van der Waals surface area contributed by atoms with Gasteiger partial charge in [-0.25, -0.2) is 0 Å². The molecule has 0 bridgehead atoms. The Morgan fingerprint density at radius 2 is 1.76 bits per heavy atom. The average Bonchev–Trinajstić information content (AvgIpc) is 2.47. The van der Waals surface area contributed by atoms with Crippen LogP contribution < -0.4 is 5.56 Å². The number of nitrogens with zero attached hydrogens (tertiary/aromatic N) is 4. The van der Waals surface area contributed by atoms with E-state index in [1.807, 2.05) is 24.3 Å². The minimum absolute atomic E-state index is 0.0761. The molecule has 21 heavy (non-hydrogen) atoms. The first kappa shape index (κ1) is 13.4. The summed E-state index contributed by atoms with van der Waals surface area (Å²) in [6.07, 6.45) is 1.66. The molecule has 106 valence electrons. The van der Waals surface area contributed by atoms with Crippen molar-refractivity contribution in [2.45, 2.75) is 26.2 Å². The van der Waals surface area contributed by atoms with E-state index in [-0.39, 0.29) is 11.0 Å². The fraction of sp³-hybridized carbons (Fsp3) is 0.250. The third-order valence-electron chi connectivity index (χ3n) is 3.33. The van der Waals surface area contributed by atoms with Crippen LogP contribution in [0.25, 0.3) is 16.6 Å². The van der Waals surface area contributed by atoms with Crippen molar-refractivity contribution in [3.05, 3.63) is 58.6 Å². The number of hydrogen-bond donors (Lipinski definition) is 0. The zero-order valence-corrected chi connectivity index (χ0v) is 12.2. The summed E-state index contributed by atoms with van der Waals surface area (Å²) in [5.74, 6) is 0.429. The summed E-state index contributed by atoms with van der Waals surface area (Å²) in [7, 11) is 0. The topological polar surface area (TPSA) is 60.7 Å². The van der Waals surface area contributed by atoms with Gasteiger partial charge in [0.25, 0.3) is 5.56 Å². The van der Waals surface area contributed by atoms with E-state index in [1.54, 1.807) is 18.3 Å². The maximum atomic E-state index is 12.4. The van der Waals surface area contributed by atoms with Gasteiger partial charge in [-0.05, 0) is 18.2 Å². The zero-order valence-electron chi connectivity index (χ0n) is 12.2. The Morgan fingerprint density at radius 3 is 2.43 bits per heavy atom. The molecule has 0 N–H and O–H groups in total. The Morgan fingerprint density at radius 1 is 1.00 bits per heavy atom. The monoisotopic (exact) mass is 280 g/mol. The number of rotatable bonds is 1. The summed E-state index contributed by atoms with van der Waals surface area (Å²) < 4.78 is 1.28. The number of hydrogen-bond acceptors (Lipinski definition) is 4. The Labute approximate surface area is 122 Å². The highest BCUT2D eigenvalue weighted by molar-refractivity contribution is 5.80. The first-order valence-corrected chi connectivity index (χ1v) is 6.78. The van der Waals surface area contributed by atoms with Crippen molar-refractivity contribution in [2.24, 2.45) is 0 Å². The first-order chi connectivity index (χ1) is 9.97. The third kappa shape index (κ3) is 2.42. The molecule has 3 rings (SSSR count). The van der Waals surface area contributed by atoms with Crippen molar-refractivity contribution in [3.63, 3.8) is 0 Å². The second kappa shape index (κ2) is 4.77. The first-order valence-electron chi connectivity index (χ1n) is 6.78. The molecule has 0 fully saturated rings. The largest absolute Gasteiger partial charge is 0.280 e. The molecular formula is C16H16N4O. The van der Waals surface area contributed by atoms with E-state index >= 15 is 0 Å². The summed E-state index contributed by atoms with van der Waals surface area (Å²) >= 11 is 0. The SMILES string of the molecule is CC(C)(C)c1ccc(-n2ncc3ccccc3c2=O)nn1. The van der Waals surface area contributed by atoms with E-state index in [9.17, 15) is 4.79 Å². The van der Waals surface area contributed by atoms with Crippen molar-refractivity contribution in [2.75, 3.05) is 0 Å². The van der Waals surface area contributed by atoms with Crippen molar-refractivity contribution in [3.8, 4) is 5.82 Å². The molecule has 2 heterocycles. The average molecular weight is 280 g/mol. The van der Waals surface area contributed by atoms with E-state index in [1.165, 1.54) is 4.68 Å². The molecule has 0 saturated carbocycles. The van der Waals surface area contributed by atoms with Gasteiger partial charge in [-0.1, -0.05) is 39.0 Å². The Hall–Kier alpha value is -2.56. The maximum Gasteiger partial charge on any atom is 0.280 e. The van der Waals surface area contributed by atoms with Crippen molar-refractivity contribution in [1.82, 2.24) is 20.0 Å². The van der Waals surface area contributed by atoms with Crippen molar-refractivity contribution < 1.29 is 0 Å². The van der Waals surface area contributed by atoms with Gasteiger partial charge in [0.15, 0.2) is 5.82 Å². The molecule has 2 aromatic heterocycles. The summed E-state index contributed by atoms with van der Waals surface area (Å²) in [5, 5.41) is 13.9.